The van der Waals surface area contributed by atoms with Crippen LogP contribution in [0.1, 0.15) is 92.9 Å². The van der Waals surface area contributed by atoms with Crippen molar-refractivity contribution < 1.29 is 14.9 Å². The van der Waals surface area contributed by atoms with Crippen LogP contribution in [-0.2, 0) is 9.78 Å². The maximum Gasteiger partial charge on any atom is 0.130 e. The maximum atomic E-state index is 10.4. The Balaban J connectivity index is 1.44. The largest absolute Gasteiger partial charge is 0.393 e. The number of fused-ring (bicyclic) bond motifs is 2. The Labute approximate surface area is 195 Å². The van der Waals surface area contributed by atoms with Crippen molar-refractivity contribution in [3.05, 3.63) is 24.3 Å². The molecule has 0 amide bonds. The van der Waals surface area contributed by atoms with Crippen molar-refractivity contribution in [2.24, 2.45) is 46.3 Å². The van der Waals surface area contributed by atoms with Gasteiger partial charge < -0.3 is 5.11 Å². The van der Waals surface area contributed by atoms with Crippen molar-refractivity contribution in [2.45, 2.75) is 110 Å². The molecule has 180 valence electrons. The van der Waals surface area contributed by atoms with Gasteiger partial charge >= 0.3 is 0 Å². The number of rotatable bonds is 5. The maximum absolute atomic E-state index is 10.4. The van der Waals surface area contributed by atoms with Crippen LogP contribution in [0.15, 0.2) is 24.3 Å². The van der Waals surface area contributed by atoms with E-state index < -0.39 is 5.60 Å². The molecule has 2 bridgehead atoms. The smallest absolute Gasteiger partial charge is 0.130 e. The van der Waals surface area contributed by atoms with E-state index in [0.717, 1.165) is 12.8 Å². The molecule has 32 heavy (non-hydrogen) atoms. The van der Waals surface area contributed by atoms with E-state index in [-0.39, 0.29) is 22.5 Å². The molecule has 4 aliphatic carbocycles. The van der Waals surface area contributed by atoms with Gasteiger partial charge in [0.15, 0.2) is 0 Å². The number of allylic oxidation sites excluding steroid dienone is 2. The van der Waals surface area contributed by atoms with Crippen LogP contribution < -0.4 is 0 Å². The molecule has 10 atom stereocenters. The highest BCUT2D eigenvalue weighted by atomic mass is 17.2. The van der Waals surface area contributed by atoms with Crippen molar-refractivity contribution in [1.29, 1.82) is 0 Å². The summed E-state index contributed by atoms with van der Waals surface area (Å²) >= 11 is 0. The van der Waals surface area contributed by atoms with Crippen LogP contribution in [0.3, 0.4) is 0 Å². The fraction of sp³-hybridized carbons (Fsp3) is 0.862. The first-order valence-electron chi connectivity index (χ1n) is 13.6. The average molecular weight is 443 g/mol. The van der Waals surface area contributed by atoms with Crippen LogP contribution >= 0.6 is 0 Å². The summed E-state index contributed by atoms with van der Waals surface area (Å²) in [5.74, 6) is 3.70. The molecule has 2 spiro atoms. The van der Waals surface area contributed by atoms with Crippen molar-refractivity contribution in [3.63, 3.8) is 0 Å². The third-order valence-electron chi connectivity index (χ3n) is 11.3. The molecule has 2 aliphatic heterocycles. The molecule has 0 aromatic rings. The first-order chi connectivity index (χ1) is 15.1. The molecule has 3 heteroatoms. The summed E-state index contributed by atoms with van der Waals surface area (Å²) in [6, 6.07) is 0. The van der Waals surface area contributed by atoms with Crippen LogP contribution in [0.5, 0.6) is 0 Å². The minimum atomic E-state index is -0.440. The minimum absolute atomic E-state index is 0.0653. The molecule has 1 saturated heterocycles. The van der Waals surface area contributed by atoms with Gasteiger partial charge in [-0.05, 0) is 80.1 Å². The second-order valence-corrected chi connectivity index (χ2v) is 13.0. The summed E-state index contributed by atoms with van der Waals surface area (Å²) in [5, 5.41) is 10.4. The minimum Gasteiger partial charge on any atom is -0.393 e. The van der Waals surface area contributed by atoms with E-state index in [1.165, 1.54) is 32.1 Å². The highest BCUT2D eigenvalue weighted by Crippen LogP contribution is 2.72. The van der Waals surface area contributed by atoms with E-state index in [0.29, 0.717) is 41.9 Å². The number of aliphatic hydroxyl groups excluding tert-OH is 1. The van der Waals surface area contributed by atoms with Gasteiger partial charge in [0.1, 0.15) is 11.2 Å². The Morgan fingerprint density at radius 3 is 2.41 bits per heavy atom. The van der Waals surface area contributed by atoms with Crippen LogP contribution in [0.25, 0.3) is 0 Å². The normalized spacial score (nSPS) is 51.5. The fourth-order valence-electron chi connectivity index (χ4n) is 9.29. The Morgan fingerprint density at radius 1 is 0.969 bits per heavy atom. The van der Waals surface area contributed by atoms with Crippen molar-refractivity contribution >= 4 is 0 Å². The van der Waals surface area contributed by atoms with Gasteiger partial charge in [-0.25, -0.2) is 9.78 Å². The van der Waals surface area contributed by atoms with Crippen LogP contribution in [-0.4, -0.2) is 22.4 Å². The molecule has 0 radical (unpaired) electrons. The van der Waals surface area contributed by atoms with Gasteiger partial charge in [-0.3, -0.25) is 0 Å². The second-order valence-electron chi connectivity index (χ2n) is 13.0. The van der Waals surface area contributed by atoms with Gasteiger partial charge in [0.25, 0.3) is 0 Å². The quantitative estimate of drug-likeness (QED) is 0.373. The van der Waals surface area contributed by atoms with Gasteiger partial charge in [0.05, 0.1) is 6.10 Å². The SMILES string of the molecule is CC[C@H](/C=C/[C@@H](C)[C@H]1CC[C@@H]2[C@]1(C)CC[C@H]1[C@]23C=C[C@]2(C[C@@H](O)CC[C@]12C)OO3)C(C)C. The lowest BCUT2D eigenvalue weighted by molar-refractivity contribution is -0.497. The van der Waals surface area contributed by atoms with Crippen molar-refractivity contribution in [1.82, 2.24) is 0 Å². The molecule has 2 heterocycles. The highest BCUT2D eigenvalue weighted by molar-refractivity contribution is 5.33. The van der Waals surface area contributed by atoms with E-state index in [1.54, 1.807) is 0 Å². The Kier molecular flexibility index (Phi) is 5.55. The predicted molar refractivity (Wildman–Crippen MR) is 129 cm³/mol. The first-order valence-corrected chi connectivity index (χ1v) is 13.6. The fourth-order valence-corrected chi connectivity index (χ4v) is 9.29. The number of aliphatic hydroxyl groups is 1. The summed E-state index contributed by atoms with van der Waals surface area (Å²) < 4.78 is 0. The van der Waals surface area contributed by atoms with Crippen LogP contribution in [0.4, 0.5) is 0 Å². The zero-order valence-corrected chi connectivity index (χ0v) is 21.3. The summed E-state index contributed by atoms with van der Waals surface area (Å²) in [4.78, 5) is 12.8. The Hall–Kier alpha value is -0.640. The monoisotopic (exact) mass is 442 g/mol. The summed E-state index contributed by atoms with van der Waals surface area (Å²) in [5.41, 5.74) is -0.371. The standard InChI is InChI=1S/C29H46O3/c1-7-21(19(2)3)9-8-20(4)23-10-11-24-26(23,5)14-13-25-27(6)15-12-22(30)18-28(27)16-17-29(24,25)32-31-28/h8-9,16-17,19-25,30H,7,10-15,18H2,1-6H3/b9-8+/t20-,21-,22+,23-,24-,25-,26-,27-,28-,29+/m1/s1. The van der Waals surface area contributed by atoms with E-state index in [1.807, 2.05) is 0 Å². The number of hydrogen-bond acceptors (Lipinski definition) is 3. The van der Waals surface area contributed by atoms with Gasteiger partial charge in [-0.1, -0.05) is 59.8 Å². The van der Waals surface area contributed by atoms with E-state index >= 15 is 0 Å². The highest BCUT2D eigenvalue weighted by Gasteiger charge is 2.74. The second kappa shape index (κ2) is 7.68. The molecule has 0 aromatic heterocycles. The van der Waals surface area contributed by atoms with Gasteiger partial charge in [-0.2, -0.15) is 0 Å². The molecule has 3 nitrogen and oxygen atoms in total. The van der Waals surface area contributed by atoms with Gasteiger partial charge in [-0.15, -0.1) is 0 Å². The molecule has 1 N–H and O–H groups in total. The number of hydrogen-bond donors (Lipinski definition) is 1. The topological polar surface area (TPSA) is 38.7 Å². The molecular formula is C29H46O3. The zero-order chi connectivity index (χ0) is 22.9. The summed E-state index contributed by atoms with van der Waals surface area (Å²) in [6.07, 6.45) is 18.3. The molecule has 3 saturated carbocycles. The lowest BCUT2D eigenvalue weighted by atomic mass is 9.43. The van der Waals surface area contributed by atoms with Gasteiger partial charge in [0, 0.05) is 23.7 Å². The lowest BCUT2D eigenvalue weighted by Crippen LogP contribution is -2.73. The van der Waals surface area contributed by atoms with E-state index in [9.17, 15) is 5.11 Å². The summed E-state index contributed by atoms with van der Waals surface area (Å²) in [6.45, 7) is 14.4. The Morgan fingerprint density at radius 2 is 1.75 bits per heavy atom. The van der Waals surface area contributed by atoms with Crippen molar-refractivity contribution in [3.8, 4) is 0 Å². The Bertz CT molecular complexity index is 787. The van der Waals surface area contributed by atoms with Crippen molar-refractivity contribution in [2.75, 3.05) is 0 Å². The van der Waals surface area contributed by atoms with E-state index in [4.69, 9.17) is 9.78 Å². The molecule has 4 fully saturated rings. The molecule has 6 rings (SSSR count). The molecular weight excluding hydrogens is 396 g/mol. The van der Waals surface area contributed by atoms with Crippen LogP contribution in [0, 0.1) is 46.3 Å². The molecule has 0 aromatic carbocycles. The molecule has 6 aliphatic rings. The third kappa shape index (κ3) is 2.96. The third-order valence-corrected chi connectivity index (χ3v) is 11.3. The zero-order valence-electron chi connectivity index (χ0n) is 21.3. The summed E-state index contributed by atoms with van der Waals surface area (Å²) in [7, 11) is 0. The molecule has 0 unspecified atom stereocenters. The lowest BCUT2D eigenvalue weighted by Gasteiger charge is -2.69. The first kappa shape index (κ1) is 23.1. The predicted octanol–water partition coefficient (Wildman–Crippen LogP) is 6.86. The van der Waals surface area contributed by atoms with Gasteiger partial charge in [0.2, 0.25) is 0 Å². The van der Waals surface area contributed by atoms with Crippen LogP contribution in [0.2, 0.25) is 0 Å². The average Bonchev–Trinajstić information content (AvgIpc) is 3.12. The van der Waals surface area contributed by atoms with E-state index in [2.05, 4.69) is 65.8 Å².